The van der Waals surface area contributed by atoms with Gasteiger partial charge in [-0.3, -0.25) is 0 Å². The maximum absolute atomic E-state index is 9.59. The van der Waals surface area contributed by atoms with E-state index >= 15 is 0 Å². The maximum atomic E-state index is 9.59. The second kappa shape index (κ2) is 4.00. The highest BCUT2D eigenvalue weighted by Gasteiger charge is 2.41. The largest absolute Gasteiger partial charge is 0.508 e. The van der Waals surface area contributed by atoms with Crippen molar-refractivity contribution >= 4 is 11.6 Å². The summed E-state index contributed by atoms with van der Waals surface area (Å²) in [5.41, 5.74) is 0.560. The van der Waals surface area contributed by atoms with Crippen LogP contribution in [0, 0.1) is 0 Å². The molecule has 1 fully saturated rings. The topological polar surface area (TPSA) is 52.5 Å². The van der Waals surface area contributed by atoms with Gasteiger partial charge in [0.15, 0.2) is 0 Å². The molecule has 2 rings (SSSR count). The quantitative estimate of drug-likeness (QED) is 0.733. The number of hydrogen-bond acceptors (Lipinski definition) is 3. The predicted octanol–water partition coefficient (Wildman–Crippen LogP) is 1.66. The number of nitrogens with one attached hydrogen (secondary N) is 1. The second-order valence-electron chi connectivity index (χ2n) is 4.03. The number of phenols is 1. The molecule has 1 aromatic rings. The number of hydrogen-bond donors (Lipinski definition) is 3. The molecule has 0 amide bonds. The van der Waals surface area contributed by atoms with Crippen molar-refractivity contribution in [3.63, 3.8) is 0 Å². The third kappa shape index (κ3) is 2.25. The number of aliphatic hydroxyl groups is 1. The number of aromatic hydroxyl groups is 1. The number of benzene rings is 1. The number of rotatable bonds is 4. The Labute approximate surface area is 93.7 Å². The van der Waals surface area contributed by atoms with Gasteiger partial charge in [0.1, 0.15) is 5.75 Å². The summed E-state index contributed by atoms with van der Waals surface area (Å²) in [6.07, 6.45) is 1.96. The summed E-state index contributed by atoms with van der Waals surface area (Å²) in [4.78, 5) is 0. The molecule has 0 aromatic heterocycles. The Morgan fingerprint density at radius 3 is 2.67 bits per heavy atom. The van der Waals surface area contributed by atoms with Crippen LogP contribution in [-0.4, -0.2) is 22.4 Å². The molecule has 15 heavy (non-hydrogen) atoms. The van der Waals surface area contributed by atoms with E-state index in [4.69, 9.17) is 16.7 Å². The Bertz CT molecular complexity index is 343. The molecule has 0 bridgehead atoms. The minimum absolute atomic E-state index is 0.133. The fourth-order valence-electron chi connectivity index (χ4n) is 1.54. The molecule has 3 N–H and O–H groups in total. The smallest absolute Gasteiger partial charge is 0.121 e. The molecular weight excluding hydrogens is 214 g/mol. The van der Waals surface area contributed by atoms with E-state index in [1.165, 1.54) is 0 Å². The van der Waals surface area contributed by atoms with Gasteiger partial charge in [0.05, 0.1) is 6.61 Å². The van der Waals surface area contributed by atoms with Crippen LogP contribution in [0.25, 0.3) is 0 Å². The van der Waals surface area contributed by atoms with E-state index < -0.39 is 0 Å². The normalized spacial score (nSPS) is 17.7. The van der Waals surface area contributed by atoms with E-state index in [0.29, 0.717) is 17.1 Å². The molecule has 1 aliphatic carbocycles. The second-order valence-corrected chi connectivity index (χ2v) is 4.44. The zero-order valence-electron chi connectivity index (χ0n) is 8.33. The first-order chi connectivity index (χ1) is 7.17. The number of halogens is 1. The van der Waals surface area contributed by atoms with E-state index in [-0.39, 0.29) is 17.9 Å². The Morgan fingerprint density at radius 2 is 2.13 bits per heavy atom. The van der Waals surface area contributed by atoms with Crippen molar-refractivity contribution in [2.75, 3.05) is 6.61 Å². The summed E-state index contributed by atoms with van der Waals surface area (Å²) in [6, 6.07) is 5.07. The standard InChI is InChI=1S/C11H14ClNO2/c12-9-2-1-3-10(15)8(9)6-13-11(7-14)4-5-11/h1-3,13-15H,4-7H2. The third-order valence-corrected chi connectivity index (χ3v) is 3.24. The van der Waals surface area contributed by atoms with E-state index in [1.54, 1.807) is 18.2 Å². The van der Waals surface area contributed by atoms with Crippen molar-refractivity contribution in [2.45, 2.75) is 24.9 Å². The monoisotopic (exact) mass is 227 g/mol. The third-order valence-electron chi connectivity index (χ3n) is 2.89. The molecule has 1 saturated carbocycles. The lowest BCUT2D eigenvalue weighted by atomic mass is 10.2. The van der Waals surface area contributed by atoms with Crippen molar-refractivity contribution in [2.24, 2.45) is 0 Å². The van der Waals surface area contributed by atoms with Gasteiger partial charge in [0.25, 0.3) is 0 Å². The van der Waals surface area contributed by atoms with Gasteiger partial charge in [0.2, 0.25) is 0 Å². The summed E-state index contributed by atoms with van der Waals surface area (Å²) in [5.74, 6) is 0.198. The molecule has 0 atom stereocenters. The van der Waals surface area contributed by atoms with Crippen molar-refractivity contribution in [3.8, 4) is 5.75 Å². The minimum atomic E-state index is -0.133. The molecule has 0 saturated heterocycles. The summed E-state index contributed by atoms with van der Waals surface area (Å²) in [6.45, 7) is 0.629. The SMILES string of the molecule is OCC1(NCc2c(O)cccc2Cl)CC1. The van der Waals surface area contributed by atoms with Gasteiger partial charge in [-0.25, -0.2) is 0 Å². The van der Waals surface area contributed by atoms with Crippen LogP contribution in [0.2, 0.25) is 5.02 Å². The summed E-state index contributed by atoms with van der Waals surface area (Å²) in [5, 5.41) is 22.5. The van der Waals surface area contributed by atoms with E-state index in [0.717, 1.165) is 12.8 Å². The Morgan fingerprint density at radius 1 is 1.40 bits per heavy atom. The fourth-order valence-corrected chi connectivity index (χ4v) is 1.78. The lowest BCUT2D eigenvalue weighted by molar-refractivity contribution is 0.229. The summed E-state index contributed by atoms with van der Waals surface area (Å²) >= 11 is 5.96. The first-order valence-electron chi connectivity index (χ1n) is 4.99. The zero-order chi connectivity index (χ0) is 10.9. The van der Waals surface area contributed by atoms with Gasteiger partial charge < -0.3 is 15.5 Å². The molecule has 4 heteroatoms. The summed E-state index contributed by atoms with van der Waals surface area (Å²) < 4.78 is 0. The predicted molar refractivity (Wildman–Crippen MR) is 59.0 cm³/mol. The molecule has 1 aromatic carbocycles. The average Bonchev–Trinajstić information content (AvgIpc) is 2.98. The van der Waals surface area contributed by atoms with Crippen molar-refractivity contribution in [1.29, 1.82) is 0 Å². The lowest BCUT2D eigenvalue weighted by Gasteiger charge is -2.15. The number of phenolic OH excluding ortho intramolecular Hbond substituents is 1. The van der Waals surface area contributed by atoms with Crippen LogP contribution in [0.15, 0.2) is 18.2 Å². The molecule has 0 spiro atoms. The van der Waals surface area contributed by atoms with Crippen LogP contribution in [0.3, 0.4) is 0 Å². The minimum Gasteiger partial charge on any atom is -0.508 e. The summed E-state index contributed by atoms with van der Waals surface area (Å²) in [7, 11) is 0. The fraction of sp³-hybridized carbons (Fsp3) is 0.455. The molecule has 0 radical (unpaired) electrons. The van der Waals surface area contributed by atoms with Crippen molar-refractivity contribution < 1.29 is 10.2 Å². The number of aliphatic hydroxyl groups excluding tert-OH is 1. The molecule has 0 unspecified atom stereocenters. The van der Waals surface area contributed by atoms with Gasteiger partial charge in [0, 0.05) is 22.7 Å². The maximum Gasteiger partial charge on any atom is 0.121 e. The van der Waals surface area contributed by atoms with Crippen LogP contribution in [0.5, 0.6) is 5.75 Å². The van der Waals surface area contributed by atoms with Gasteiger partial charge in [-0.1, -0.05) is 17.7 Å². The zero-order valence-corrected chi connectivity index (χ0v) is 9.09. The van der Waals surface area contributed by atoms with Crippen LogP contribution >= 0.6 is 11.6 Å². The average molecular weight is 228 g/mol. The highest BCUT2D eigenvalue weighted by molar-refractivity contribution is 6.31. The van der Waals surface area contributed by atoms with Gasteiger partial charge >= 0.3 is 0 Å². The molecule has 1 aliphatic rings. The molecule has 0 aliphatic heterocycles. The first kappa shape index (κ1) is 10.7. The molecule has 82 valence electrons. The first-order valence-corrected chi connectivity index (χ1v) is 5.37. The van der Waals surface area contributed by atoms with E-state index in [2.05, 4.69) is 5.32 Å². The van der Waals surface area contributed by atoms with E-state index in [1.807, 2.05) is 0 Å². The molecule has 0 heterocycles. The van der Waals surface area contributed by atoms with Crippen LogP contribution in [0.1, 0.15) is 18.4 Å². The van der Waals surface area contributed by atoms with Crippen LogP contribution in [0.4, 0.5) is 0 Å². The highest BCUT2D eigenvalue weighted by atomic mass is 35.5. The van der Waals surface area contributed by atoms with Crippen LogP contribution in [-0.2, 0) is 6.54 Å². The molecule has 3 nitrogen and oxygen atoms in total. The van der Waals surface area contributed by atoms with Crippen LogP contribution < -0.4 is 5.32 Å². The van der Waals surface area contributed by atoms with Crippen molar-refractivity contribution in [1.82, 2.24) is 5.32 Å². The lowest BCUT2D eigenvalue weighted by Crippen LogP contribution is -2.34. The Hall–Kier alpha value is -0.770. The van der Waals surface area contributed by atoms with Gasteiger partial charge in [-0.2, -0.15) is 0 Å². The highest BCUT2D eigenvalue weighted by Crippen LogP contribution is 2.36. The Kier molecular flexibility index (Phi) is 2.87. The Balaban J connectivity index is 2.05. The van der Waals surface area contributed by atoms with Gasteiger partial charge in [-0.15, -0.1) is 0 Å². The van der Waals surface area contributed by atoms with Crippen molar-refractivity contribution in [3.05, 3.63) is 28.8 Å². The molecular formula is C11H14ClNO2. The van der Waals surface area contributed by atoms with Gasteiger partial charge in [-0.05, 0) is 25.0 Å². The van der Waals surface area contributed by atoms with E-state index in [9.17, 15) is 5.11 Å².